The monoisotopic (exact) mass is 228 g/mol. The van der Waals surface area contributed by atoms with Crippen LogP contribution in [0.5, 0.6) is 0 Å². The Labute approximate surface area is 98.3 Å². The van der Waals surface area contributed by atoms with E-state index in [9.17, 15) is 4.79 Å². The number of methoxy groups -OCH3 is 1. The summed E-state index contributed by atoms with van der Waals surface area (Å²) in [5, 5.41) is 3.35. The van der Waals surface area contributed by atoms with Gasteiger partial charge in [0.25, 0.3) is 0 Å². The highest BCUT2D eigenvalue weighted by Gasteiger charge is 2.29. The Balaban J connectivity index is 2.42. The molecule has 0 aromatic carbocycles. The minimum absolute atomic E-state index is 0.138. The fourth-order valence-electron chi connectivity index (χ4n) is 1.82. The molecule has 0 aliphatic heterocycles. The highest BCUT2D eigenvalue weighted by molar-refractivity contribution is 5.76. The van der Waals surface area contributed by atoms with E-state index in [1.807, 2.05) is 0 Å². The van der Waals surface area contributed by atoms with Gasteiger partial charge in [-0.2, -0.15) is 0 Å². The molecule has 1 aliphatic rings. The van der Waals surface area contributed by atoms with Crippen molar-refractivity contribution in [1.29, 1.82) is 0 Å². The van der Waals surface area contributed by atoms with E-state index in [-0.39, 0.29) is 12.0 Å². The molecule has 4 heteroatoms. The molecule has 1 rings (SSSR count). The number of hydrogen-bond donors (Lipinski definition) is 1. The van der Waals surface area contributed by atoms with Crippen molar-refractivity contribution in [2.24, 2.45) is 0 Å². The average molecular weight is 228 g/mol. The number of ether oxygens (including phenoxy) is 1. The van der Waals surface area contributed by atoms with Crippen LogP contribution >= 0.6 is 0 Å². The lowest BCUT2D eigenvalue weighted by molar-refractivity contribution is -0.143. The van der Waals surface area contributed by atoms with Crippen LogP contribution in [0.25, 0.3) is 0 Å². The van der Waals surface area contributed by atoms with E-state index in [4.69, 9.17) is 4.74 Å². The average Bonchev–Trinajstić information content (AvgIpc) is 3.10. The molecule has 94 valence electrons. The molecule has 1 unspecified atom stereocenters. The van der Waals surface area contributed by atoms with Crippen molar-refractivity contribution in [3.63, 3.8) is 0 Å². The van der Waals surface area contributed by atoms with Crippen molar-refractivity contribution >= 4 is 5.97 Å². The third-order valence-corrected chi connectivity index (χ3v) is 2.93. The summed E-state index contributed by atoms with van der Waals surface area (Å²) >= 11 is 0. The first-order chi connectivity index (χ1) is 7.71. The van der Waals surface area contributed by atoms with Crippen molar-refractivity contribution in [1.82, 2.24) is 10.2 Å². The first-order valence-electron chi connectivity index (χ1n) is 6.27. The van der Waals surface area contributed by atoms with E-state index in [0.717, 1.165) is 26.1 Å². The number of carbonyl (C=O) groups excluding carboxylic acids is 1. The molecule has 1 saturated carbocycles. The molecule has 0 bridgehead atoms. The number of hydrogen-bond acceptors (Lipinski definition) is 4. The van der Waals surface area contributed by atoms with E-state index in [2.05, 4.69) is 24.1 Å². The van der Waals surface area contributed by atoms with Crippen molar-refractivity contribution in [2.75, 3.05) is 26.7 Å². The third-order valence-electron chi connectivity index (χ3n) is 2.93. The molecular weight excluding hydrogens is 204 g/mol. The number of nitrogens with one attached hydrogen (secondary N) is 1. The molecule has 1 N–H and O–H groups in total. The minimum atomic E-state index is -0.163. The number of nitrogens with zero attached hydrogens (tertiary/aromatic N) is 1. The molecule has 0 aromatic rings. The summed E-state index contributed by atoms with van der Waals surface area (Å²) in [5.74, 6) is -0.138. The van der Waals surface area contributed by atoms with Gasteiger partial charge in [-0.1, -0.05) is 13.8 Å². The number of carbonyl (C=O) groups is 1. The molecule has 16 heavy (non-hydrogen) atoms. The number of likely N-dealkylation sites (N-methyl/N-ethyl adjacent to an activating group) is 1. The van der Waals surface area contributed by atoms with Gasteiger partial charge in [0.05, 0.1) is 7.11 Å². The third kappa shape index (κ3) is 4.49. The van der Waals surface area contributed by atoms with Gasteiger partial charge in [-0.25, -0.2) is 0 Å². The lowest BCUT2D eigenvalue weighted by Crippen LogP contribution is -2.47. The first kappa shape index (κ1) is 13.5. The fourth-order valence-corrected chi connectivity index (χ4v) is 1.82. The van der Waals surface area contributed by atoms with E-state index in [1.165, 1.54) is 20.0 Å². The normalized spacial score (nSPS) is 17.5. The van der Waals surface area contributed by atoms with Crippen molar-refractivity contribution in [3.05, 3.63) is 0 Å². The van der Waals surface area contributed by atoms with E-state index < -0.39 is 0 Å². The molecule has 0 heterocycles. The van der Waals surface area contributed by atoms with Crippen LogP contribution in [-0.2, 0) is 9.53 Å². The Morgan fingerprint density at radius 3 is 2.62 bits per heavy atom. The second kappa shape index (κ2) is 6.86. The van der Waals surface area contributed by atoms with E-state index >= 15 is 0 Å². The Morgan fingerprint density at radius 1 is 1.50 bits per heavy atom. The Kier molecular flexibility index (Phi) is 5.77. The van der Waals surface area contributed by atoms with Gasteiger partial charge in [0.15, 0.2) is 0 Å². The van der Waals surface area contributed by atoms with Gasteiger partial charge in [-0.05, 0) is 32.4 Å². The smallest absolute Gasteiger partial charge is 0.324 e. The summed E-state index contributed by atoms with van der Waals surface area (Å²) in [5.41, 5.74) is 0. The van der Waals surface area contributed by atoms with Crippen molar-refractivity contribution in [3.8, 4) is 0 Å². The van der Waals surface area contributed by atoms with Crippen LogP contribution in [0.3, 0.4) is 0 Å². The van der Waals surface area contributed by atoms with Crippen LogP contribution in [0.15, 0.2) is 0 Å². The first-order valence-corrected chi connectivity index (χ1v) is 6.27. The Hall–Kier alpha value is -0.610. The van der Waals surface area contributed by atoms with E-state index in [1.54, 1.807) is 0 Å². The molecule has 1 fully saturated rings. The van der Waals surface area contributed by atoms with Crippen LogP contribution in [0, 0.1) is 0 Å². The highest BCUT2D eigenvalue weighted by Crippen LogP contribution is 2.19. The summed E-state index contributed by atoms with van der Waals surface area (Å²) in [6.45, 7) is 7.06. The maximum absolute atomic E-state index is 11.6. The van der Waals surface area contributed by atoms with Crippen LogP contribution < -0.4 is 5.32 Å². The fraction of sp³-hybridized carbons (Fsp3) is 0.917. The zero-order chi connectivity index (χ0) is 12.0. The van der Waals surface area contributed by atoms with Gasteiger partial charge in [0, 0.05) is 12.6 Å². The van der Waals surface area contributed by atoms with Crippen LogP contribution in [-0.4, -0.2) is 49.7 Å². The highest BCUT2D eigenvalue weighted by atomic mass is 16.5. The van der Waals surface area contributed by atoms with Gasteiger partial charge >= 0.3 is 5.97 Å². The predicted molar refractivity (Wildman–Crippen MR) is 64.4 cm³/mol. The largest absolute Gasteiger partial charge is 0.468 e. The lowest BCUT2D eigenvalue weighted by atomic mass is 10.2. The number of rotatable bonds is 8. The number of esters is 1. The topological polar surface area (TPSA) is 41.6 Å². The van der Waals surface area contributed by atoms with Gasteiger partial charge in [0.2, 0.25) is 0 Å². The van der Waals surface area contributed by atoms with Gasteiger partial charge < -0.3 is 15.0 Å². The van der Waals surface area contributed by atoms with Crippen LogP contribution in [0.2, 0.25) is 0 Å². The molecule has 0 spiro atoms. The Bertz CT molecular complexity index is 217. The molecule has 0 aromatic heterocycles. The molecule has 1 atom stereocenters. The molecule has 4 nitrogen and oxygen atoms in total. The summed E-state index contributed by atoms with van der Waals surface area (Å²) in [6.07, 6.45) is 3.49. The lowest BCUT2D eigenvalue weighted by Gasteiger charge is -2.25. The minimum Gasteiger partial charge on any atom is -0.468 e. The van der Waals surface area contributed by atoms with Crippen molar-refractivity contribution < 1.29 is 9.53 Å². The summed E-state index contributed by atoms with van der Waals surface area (Å²) in [4.78, 5) is 13.9. The SMILES string of the molecule is CCCN(CC)CC(NC1CC1)C(=O)OC. The zero-order valence-corrected chi connectivity index (χ0v) is 10.7. The predicted octanol–water partition coefficient (Wildman–Crippen LogP) is 1.01. The molecule has 1 aliphatic carbocycles. The summed E-state index contributed by atoms with van der Waals surface area (Å²) in [7, 11) is 1.46. The second-order valence-electron chi connectivity index (χ2n) is 4.41. The molecule has 0 radical (unpaired) electrons. The van der Waals surface area contributed by atoms with Crippen LogP contribution in [0.1, 0.15) is 33.1 Å². The van der Waals surface area contributed by atoms with E-state index in [0.29, 0.717) is 6.04 Å². The standard InChI is InChI=1S/C12H24N2O2/c1-4-8-14(5-2)9-11(12(15)16-3)13-10-6-7-10/h10-11,13H,4-9H2,1-3H3. The Morgan fingerprint density at radius 2 is 2.19 bits per heavy atom. The van der Waals surface area contributed by atoms with Gasteiger partial charge in [-0.15, -0.1) is 0 Å². The summed E-state index contributed by atoms with van der Waals surface area (Å²) < 4.78 is 4.84. The molecule has 0 saturated heterocycles. The zero-order valence-electron chi connectivity index (χ0n) is 10.7. The maximum atomic E-state index is 11.6. The van der Waals surface area contributed by atoms with Crippen molar-refractivity contribution in [2.45, 2.75) is 45.2 Å². The van der Waals surface area contributed by atoms with Gasteiger partial charge in [-0.3, -0.25) is 4.79 Å². The maximum Gasteiger partial charge on any atom is 0.324 e. The molecule has 0 amide bonds. The quantitative estimate of drug-likeness (QED) is 0.630. The molecular formula is C12H24N2O2. The summed E-state index contributed by atoms with van der Waals surface area (Å²) in [6, 6.07) is 0.369. The van der Waals surface area contributed by atoms with Crippen LogP contribution in [0.4, 0.5) is 0 Å². The second-order valence-corrected chi connectivity index (χ2v) is 4.41. The van der Waals surface area contributed by atoms with Gasteiger partial charge in [0.1, 0.15) is 6.04 Å².